The van der Waals surface area contributed by atoms with Crippen molar-refractivity contribution >= 4 is 22.8 Å². The number of nitrogens with two attached hydrogens (primary N) is 1. The summed E-state index contributed by atoms with van der Waals surface area (Å²) in [5.74, 6) is -0.397. The molecule has 1 saturated heterocycles. The number of hydrogen-bond donors (Lipinski definition) is 3. The van der Waals surface area contributed by atoms with Crippen LogP contribution in [-0.2, 0) is 26.3 Å². The van der Waals surface area contributed by atoms with E-state index in [1.54, 1.807) is 0 Å². The van der Waals surface area contributed by atoms with Gasteiger partial charge in [-0.25, -0.2) is 0 Å². The van der Waals surface area contributed by atoms with Crippen LogP contribution >= 0.6 is 0 Å². The number of carbonyl (C=O) groups is 2. The van der Waals surface area contributed by atoms with Crippen molar-refractivity contribution in [3.05, 3.63) is 35.5 Å². The highest BCUT2D eigenvalue weighted by Gasteiger charge is 2.44. The largest absolute Gasteiger partial charge is 0.481 e. The van der Waals surface area contributed by atoms with E-state index in [4.69, 9.17) is 20.4 Å². The second-order valence-electron chi connectivity index (χ2n) is 9.08. The number of rotatable bonds is 1. The highest BCUT2D eigenvalue weighted by Crippen LogP contribution is 2.43. The first-order valence-corrected chi connectivity index (χ1v) is 11.4. The smallest absolute Gasteiger partial charge is 0.300 e. The lowest BCUT2D eigenvalue weighted by Crippen LogP contribution is -2.50. The summed E-state index contributed by atoms with van der Waals surface area (Å²) in [6, 6.07) is 8.73. The molecule has 0 unspecified atom stereocenters. The zero-order valence-corrected chi connectivity index (χ0v) is 18.2. The van der Waals surface area contributed by atoms with Gasteiger partial charge in [0, 0.05) is 42.9 Å². The summed E-state index contributed by atoms with van der Waals surface area (Å²) in [7, 11) is 0. The number of amides is 1. The van der Waals surface area contributed by atoms with Gasteiger partial charge in [0.25, 0.3) is 5.97 Å². The Kier molecular flexibility index (Phi) is 6.34. The summed E-state index contributed by atoms with van der Waals surface area (Å²) >= 11 is 0. The van der Waals surface area contributed by atoms with Crippen LogP contribution in [0.3, 0.4) is 0 Å². The first-order chi connectivity index (χ1) is 14.9. The third-order valence-corrected chi connectivity index (χ3v) is 6.95. The fourth-order valence-corrected chi connectivity index (χ4v) is 5.46. The second-order valence-corrected chi connectivity index (χ2v) is 9.08. The molecule has 0 bridgehead atoms. The van der Waals surface area contributed by atoms with Crippen LogP contribution in [0.15, 0.2) is 24.3 Å². The number of piperidine rings is 1. The molecule has 1 amide bonds. The topological polar surface area (TPSA) is 109 Å². The van der Waals surface area contributed by atoms with Crippen LogP contribution in [-0.4, -0.2) is 52.6 Å². The van der Waals surface area contributed by atoms with E-state index in [1.807, 2.05) is 0 Å². The molecule has 2 aliphatic heterocycles. The van der Waals surface area contributed by atoms with Crippen molar-refractivity contribution in [1.82, 2.24) is 9.88 Å². The molecule has 1 saturated carbocycles. The van der Waals surface area contributed by atoms with Gasteiger partial charge in [0.05, 0.1) is 12.3 Å². The molecular formula is C24H33N3O4. The molecule has 7 heteroatoms. The monoisotopic (exact) mass is 427 g/mol. The van der Waals surface area contributed by atoms with Crippen LogP contribution in [0.4, 0.5) is 0 Å². The van der Waals surface area contributed by atoms with Crippen LogP contribution in [0, 0.1) is 5.92 Å². The Bertz CT molecular complexity index is 941. The maximum absolute atomic E-state index is 13.0. The van der Waals surface area contributed by atoms with Gasteiger partial charge in [0.15, 0.2) is 0 Å². The Balaban J connectivity index is 0.000000535. The highest BCUT2D eigenvalue weighted by atomic mass is 16.5. The zero-order chi connectivity index (χ0) is 22.0. The van der Waals surface area contributed by atoms with Gasteiger partial charge in [-0.2, -0.15) is 0 Å². The molecule has 168 valence electrons. The number of nitrogens with zero attached hydrogens (tertiary/aromatic N) is 1. The van der Waals surface area contributed by atoms with E-state index in [0.717, 1.165) is 71.6 Å². The maximum Gasteiger partial charge on any atom is 0.300 e. The van der Waals surface area contributed by atoms with Crippen molar-refractivity contribution in [2.24, 2.45) is 11.7 Å². The molecule has 1 aromatic heterocycles. The first kappa shape index (κ1) is 21.8. The van der Waals surface area contributed by atoms with E-state index in [-0.39, 0.29) is 17.6 Å². The van der Waals surface area contributed by atoms with Crippen molar-refractivity contribution in [2.45, 2.75) is 63.5 Å². The van der Waals surface area contributed by atoms with Gasteiger partial charge >= 0.3 is 0 Å². The minimum Gasteiger partial charge on any atom is -0.481 e. The number of likely N-dealkylation sites (tertiary alicyclic amines) is 1. The molecule has 5 rings (SSSR count). The van der Waals surface area contributed by atoms with Crippen molar-refractivity contribution in [2.75, 3.05) is 19.7 Å². The van der Waals surface area contributed by atoms with E-state index >= 15 is 0 Å². The molecule has 7 nitrogen and oxygen atoms in total. The summed E-state index contributed by atoms with van der Waals surface area (Å²) < 4.78 is 6.36. The molecular weight excluding hydrogens is 394 g/mol. The Morgan fingerprint density at radius 2 is 1.94 bits per heavy atom. The highest BCUT2D eigenvalue weighted by molar-refractivity contribution is 5.85. The number of hydrogen-bond acceptors (Lipinski definition) is 4. The van der Waals surface area contributed by atoms with Gasteiger partial charge in [-0.1, -0.05) is 24.6 Å². The lowest BCUT2D eigenvalue weighted by molar-refractivity contribution is -0.146. The summed E-state index contributed by atoms with van der Waals surface area (Å²) in [5.41, 5.74) is 9.70. The van der Waals surface area contributed by atoms with Crippen LogP contribution in [0.5, 0.6) is 0 Å². The molecule has 2 aromatic rings. The lowest BCUT2D eigenvalue weighted by atomic mass is 9.81. The number of para-hydroxylation sites is 1. The van der Waals surface area contributed by atoms with Gasteiger partial charge in [-0.15, -0.1) is 0 Å². The Hall–Kier alpha value is -2.38. The van der Waals surface area contributed by atoms with E-state index < -0.39 is 5.97 Å². The number of H-pyrrole nitrogens is 1. The summed E-state index contributed by atoms with van der Waals surface area (Å²) in [6.07, 6.45) is 6.69. The number of aliphatic carboxylic acids is 1. The van der Waals surface area contributed by atoms with Crippen LogP contribution in [0.1, 0.15) is 56.7 Å². The SMILES string of the molecule is CC(=O)O.N[C@H]1CCC[C@@H](C(=O)N2CCC3(CC2)OCCc2c3[nH]c3ccccc23)C1. The number of fused-ring (bicyclic) bond motifs is 4. The number of carboxylic acid groups (broad SMARTS) is 1. The number of benzene rings is 1. The minimum atomic E-state index is -0.833. The van der Waals surface area contributed by atoms with E-state index in [9.17, 15) is 4.79 Å². The normalized spacial score (nSPS) is 24.9. The molecule has 1 aliphatic carbocycles. The number of carbonyl (C=O) groups excluding carboxylic acids is 1. The predicted molar refractivity (Wildman–Crippen MR) is 119 cm³/mol. The number of carboxylic acids is 1. The van der Waals surface area contributed by atoms with Crippen molar-refractivity contribution in [3.63, 3.8) is 0 Å². The molecule has 1 spiro atoms. The fourth-order valence-electron chi connectivity index (χ4n) is 5.46. The average molecular weight is 428 g/mol. The molecule has 3 aliphatic rings. The van der Waals surface area contributed by atoms with E-state index in [1.165, 1.54) is 22.2 Å². The van der Waals surface area contributed by atoms with Crippen molar-refractivity contribution in [1.29, 1.82) is 0 Å². The Morgan fingerprint density at radius 1 is 1.23 bits per heavy atom. The second kappa shape index (κ2) is 9.01. The van der Waals surface area contributed by atoms with Crippen molar-refractivity contribution in [3.8, 4) is 0 Å². The summed E-state index contributed by atoms with van der Waals surface area (Å²) in [6.45, 7) is 3.40. The van der Waals surface area contributed by atoms with Crippen LogP contribution in [0.2, 0.25) is 0 Å². The Morgan fingerprint density at radius 3 is 2.65 bits per heavy atom. The van der Waals surface area contributed by atoms with Crippen LogP contribution < -0.4 is 5.73 Å². The molecule has 3 heterocycles. The number of ether oxygens (including phenoxy) is 1. The number of aromatic amines is 1. The fraction of sp³-hybridized carbons (Fsp3) is 0.583. The first-order valence-electron chi connectivity index (χ1n) is 11.4. The summed E-state index contributed by atoms with van der Waals surface area (Å²) in [4.78, 5) is 27.7. The molecule has 2 atom stereocenters. The van der Waals surface area contributed by atoms with Gasteiger partial charge in [0.2, 0.25) is 5.91 Å². The summed E-state index contributed by atoms with van der Waals surface area (Å²) in [5, 5.41) is 8.74. The molecule has 0 radical (unpaired) electrons. The van der Waals surface area contributed by atoms with Crippen molar-refractivity contribution < 1.29 is 19.4 Å². The van der Waals surface area contributed by atoms with Gasteiger partial charge in [-0.05, 0) is 50.2 Å². The third kappa shape index (κ3) is 4.48. The standard InChI is InChI=1S/C22H29N3O2.C2H4O2/c23-16-5-3-4-15(14-16)21(26)25-11-9-22(10-12-25)20-18(8-13-27-22)17-6-1-2-7-19(17)24-20;1-2(3)4/h1-2,6-7,15-16,24H,3-5,8-14,23H2;1H3,(H,3,4)/t15-,16+;/m1./s1. The number of aromatic nitrogens is 1. The molecule has 1 aromatic carbocycles. The van der Waals surface area contributed by atoms with Gasteiger partial charge in [-0.3, -0.25) is 9.59 Å². The molecule has 31 heavy (non-hydrogen) atoms. The van der Waals surface area contributed by atoms with Gasteiger partial charge < -0.3 is 25.5 Å². The Labute approximate surface area is 182 Å². The lowest BCUT2D eigenvalue weighted by Gasteiger charge is -2.44. The van der Waals surface area contributed by atoms with E-state index in [0.29, 0.717) is 5.91 Å². The average Bonchev–Trinajstić information content (AvgIpc) is 3.14. The predicted octanol–water partition coefficient (Wildman–Crippen LogP) is 3.17. The zero-order valence-electron chi connectivity index (χ0n) is 18.2. The van der Waals surface area contributed by atoms with Crippen LogP contribution in [0.25, 0.3) is 10.9 Å². The molecule has 2 fully saturated rings. The number of nitrogens with one attached hydrogen (secondary N) is 1. The quantitative estimate of drug-likeness (QED) is 0.648. The minimum absolute atomic E-state index is 0.124. The van der Waals surface area contributed by atoms with Gasteiger partial charge in [0.1, 0.15) is 5.60 Å². The maximum atomic E-state index is 13.0. The third-order valence-electron chi connectivity index (χ3n) is 6.95. The van der Waals surface area contributed by atoms with E-state index in [2.05, 4.69) is 34.1 Å². The molecule has 4 N–H and O–H groups in total.